The molecule has 3 N–H and O–H groups in total. The van der Waals surface area contributed by atoms with Crippen molar-refractivity contribution in [1.82, 2.24) is 25.3 Å². The van der Waals surface area contributed by atoms with Crippen LogP contribution < -0.4 is 10.6 Å². The van der Waals surface area contributed by atoms with Gasteiger partial charge >= 0.3 is 0 Å². The quantitative estimate of drug-likeness (QED) is 0.193. The molecule has 7 heteroatoms. The van der Waals surface area contributed by atoms with E-state index in [1.54, 1.807) is 24.5 Å². The van der Waals surface area contributed by atoms with Crippen molar-refractivity contribution in [2.24, 2.45) is 5.92 Å². The van der Waals surface area contributed by atoms with Gasteiger partial charge in [-0.15, -0.1) is 0 Å². The number of nitrogens with zero attached hydrogens (tertiary/aromatic N) is 3. The molecule has 0 bridgehead atoms. The number of anilines is 1. The summed E-state index contributed by atoms with van der Waals surface area (Å²) in [6, 6.07) is 8.44. The molecule has 1 aliphatic carbocycles. The largest absolute Gasteiger partial charge is 0.388 e. The molecule has 1 aliphatic rings. The number of fused-ring (bicyclic) bond motifs is 1. The summed E-state index contributed by atoms with van der Waals surface area (Å²) in [4.78, 5) is 17.1. The lowest BCUT2D eigenvalue weighted by atomic mass is 9.83. The van der Waals surface area contributed by atoms with Crippen LogP contribution in [0.15, 0.2) is 97.4 Å². The Morgan fingerprint density at radius 1 is 1.10 bits per heavy atom. The van der Waals surface area contributed by atoms with Crippen LogP contribution in [0.1, 0.15) is 37.6 Å². The summed E-state index contributed by atoms with van der Waals surface area (Å²) in [7, 11) is 1.90. The third-order valence-corrected chi connectivity index (χ3v) is 7.22. The molecule has 0 atom stereocenters. The van der Waals surface area contributed by atoms with E-state index in [0.717, 1.165) is 61.8 Å². The molecule has 3 aromatic heterocycles. The van der Waals surface area contributed by atoms with Gasteiger partial charge in [0.2, 0.25) is 0 Å². The number of halogens is 1. The molecule has 0 unspecified atom stereocenters. The van der Waals surface area contributed by atoms with Gasteiger partial charge in [0.1, 0.15) is 11.6 Å². The lowest BCUT2D eigenvalue weighted by molar-refractivity contribution is 0.371. The molecule has 1 saturated carbocycles. The normalized spacial score (nSPS) is 14.2. The Hall–Kier alpha value is -4.52. The van der Waals surface area contributed by atoms with Crippen molar-refractivity contribution in [3.05, 3.63) is 115 Å². The Kier molecular flexibility index (Phi) is 7.68. The summed E-state index contributed by atoms with van der Waals surface area (Å²) in [5, 5.41) is 6.72. The summed E-state index contributed by atoms with van der Waals surface area (Å²) in [5.41, 5.74) is 9.08. The molecule has 1 fully saturated rings. The molecule has 0 aliphatic heterocycles. The number of allylic oxidation sites excluding steroid dienone is 5. The van der Waals surface area contributed by atoms with Crippen LogP contribution >= 0.6 is 0 Å². The fourth-order valence-corrected chi connectivity index (χ4v) is 4.82. The first-order valence-corrected chi connectivity index (χ1v) is 13.2. The highest BCUT2D eigenvalue weighted by molar-refractivity contribution is 5.91. The number of H-pyrrole nitrogens is 1. The minimum Gasteiger partial charge on any atom is -0.388 e. The van der Waals surface area contributed by atoms with Gasteiger partial charge in [-0.3, -0.25) is 9.97 Å². The van der Waals surface area contributed by atoms with Gasteiger partial charge in [-0.1, -0.05) is 37.8 Å². The third kappa shape index (κ3) is 5.82. The number of aromatic nitrogens is 4. The molecule has 3 heterocycles. The number of hydrogen-bond acceptors (Lipinski definition) is 5. The van der Waals surface area contributed by atoms with Crippen LogP contribution in [0.25, 0.3) is 27.7 Å². The summed E-state index contributed by atoms with van der Waals surface area (Å²) >= 11 is 0. The van der Waals surface area contributed by atoms with Crippen molar-refractivity contribution in [3.63, 3.8) is 0 Å². The average Bonchev–Trinajstić information content (AvgIpc) is 3.31. The first-order valence-electron chi connectivity index (χ1n) is 13.2. The number of nitrogens with one attached hydrogen (secondary N) is 3. The molecule has 5 rings (SSSR count). The molecule has 6 nitrogen and oxygen atoms in total. The molecule has 4 aromatic rings. The van der Waals surface area contributed by atoms with Crippen molar-refractivity contribution in [3.8, 4) is 11.1 Å². The summed E-state index contributed by atoms with van der Waals surface area (Å²) in [5.74, 6) is 1.06. The zero-order chi connectivity index (χ0) is 27.4. The Bertz CT molecular complexity index is 1570. The van der Waals surface area contributed by atoms with Gasteiger partial charge in [0.05, 0.1) is 29.1 Å². The highest BCUT2D eigenvalue weighted by Gasteiger charge is 2.20. The number of aromatic amines is 1. The molecule has 1 aromatic carbocycles. The third-order valence-electron chi connectivity index (χ3n) is 7.22. The van der Waals surface area contributed by atoms with E-state index in [1.807, 2.05) is 32.4 Å². The fraction of sp³-hybridized carbons (Fsp3) is 0.219. The first-order chi connectivity index (χ1) is 18.9. The maximum atomic E-state index is 13.5. The number of likely N-dealkylation sites (N-methyl/N-ethyl adjacent to an activating group) is 1. The van der Waals surface area contributed by atoms with E-state index in [9.17, 15) is 4.39 Å². The second kappa shape index (κ2) is 11.5. The SMILES string of the molecule is C=C(/C=C(Cc1nc2c(-c3ccc(F)cc3)cncc2[nH]1)\C(=C/C)NC)c1cncc(NC(=C)C2CCC2)c1. The molecule has 0 spiro atoms. The van der Waals surface area contributed by atoms with Crippen molar-refractivity contribution < 1.29 is 4.39 Å². The molecular formula is C32H33FN6. The zero-order valence-electron chi connectivity index (χ0n) is 22.4. The molecular weight excluding hydrogens is 487 g/mol. The Morgan fingerprint density at radius 3 is 2.56 bits per heavy atom. The topological polar surface area (TPSA) is 78.5 Å². The Morgan fingerprint density at radius 2 is 1.87 bits per heavy atom. The Labute approximate surface area is 228 Å². The van der Waals surface area contributed by atoms with Gasteiger partial charge in [-0.05, 0) is 66.7 Å². The van der Waals surface area contributed by atoms with Crippen LogP contribution in [0.2, 0.25) is 0 Å². The minimum absolute atomic E-state index is 0.276. The number of rotatable bonds is 10. The molecule has 0 amide bonds. The standard InChI is InChI=1S/C32H33FN6/c1-5-29(34-4)24(13-20(2)25-14-27(17-35-16-25)37-21(3)22-7-6-8-22)15-31-38-30-19-36-18-28(32(30)39-31)23-9-11-26(33)12-10-23/h5,9-14,16-19,22,34,37H,2-3,6-8,15H2,1,4H3,(H,38,39)/b24-13-,29-5+. The van der Waals surface area contributed by atoms with E-state index in [-0.39, 0.29) is 5.82 Å². The number of benzene rings is 1. The van der Waals surface area contributed by atoms with Crippen molar-refractivity contribution >= 4 is 22.3 Å². The van der Waals surface area contributed by atoms with Crippen molar-refractivity contribution in [2.75, 3.05) is 12.4 Å². The average molecular weight is 521 g/mol. The second-order valence-electron chi connectivity index (χ2n) is 9.84. The van der Waals surface area contributed by atoms with Crippen LogP contribution in [0.3, 0.4) is 0 Å². The highest BCUT2D eigenvalue weighted by Crippen LogP contribution is 2.33. The van der Waals surface area contributed by atoms with Crippen LogP contribution in [0, 0.1) is 11.7 Å². The lowest BCUT2D eigenvalue weighted by Crippen LogP contribution is -2.18. The van der Waals surface area contributed by atoms with E-state index >= 15 is 0 Å². The molecule has 39 heavy (non-hydrogen) atoms. The van der Waals surface area contributed by atoms with Gasteiger partial charge in [0.15, 0.2) is 0 Å². The van der Waals surface area contributed by atoms with E-state index in [4.69, 9.17) is 4.98 Å². The van der Waals surface area contributed by atoms with Gasteiger partial charge in [0.25, 0.3) is 0 Å². The monoisotopic (exact) mass is 520 g/mol. The maximum absolute atomic E-state index is 13.5. The maximum Gasteiger partial charge on any atom is 0.123 e. The fourth-order valence-electron chi connectivity index (χ4n) is 4.82. The summed E-state index contributed by atoms with van der Waals surface area (Å²) in [6.07, 6.45) is 15.5. The molecule has 0 radical (unpaired) electrons. The van der Waals surface area contributed by atoms with E-state index in [1.165, 1.54) is 31.4 Å². The van der Waals surface area contributed by atoms with Crippen molar-refractivity contribution in [2.45, 2.75) is 32.6 Å². The summed E-state index contributed by atoms with van der Waals surface area (Å²) in [6.45, 7) is 10.6. The van der Waals surface area contributed by atoms with Gasteiger partial charge in [-0.2, -0.15) is 0 Å². The smallest absolute Gasteiger partial charge is 0.123 e. The van der Waals surface area contributed by atoms with Gasteiger partial charge < -0.3 is 15.6 Å². The van der Waals surface area contributed by atoms with Gasteiger partial charge in [-0.25, -0.2) is 9.37 Å². The van der Waals surface area contributed by atoms with E-state index in [0.29, 0.717) is 12.3 Å². The van der Waals surface area contributed by atoms with Gasteiger partial charge in [0, 0.05) is 48.4 Å². The highest BCUT2D eigenvalue weighted by atomic mass is 19.1. The van der Waals surface area contributed by atoms with E-state index < -0.39 is 0 Å². The number of hydrogen-bond donors (Lipinski definition) is 3. The number of pyridine rings is 2. The second-order valence-corrected chi connectivity index (χ2v) is 9.84. The van der Waals surface area contributed by atoms with Crippen molar-refractivity contribution in [1.29, 1.82) is 0 Å². The number of imidazole rings is 1. The predicted molar refractivity (Wildman–Crippen MR) is 157 cm³/mol. The Balaban J connectivity index is 1.42. The van der Waals surface area contributed by atoms with E-state index in [2.05, 4.69) is 50.9 Å². The minimum atomic E-state index is -0.276. The molecule has 198 valence electrons. The predicted octanol–water partition coefficient (Wildman–Crippen LogP) is 7.19. The molecule has 0 saturated heterocycles. The van der Waals surface area contributed by atoms with Crippen LogP contribution in [-0.4, -0.2) is 27.0 Å². The van der Waals surface area contributed by atoms with Crippen LogP contribution in [0.4, 0.5) is 10.1 Å². The zero-order valence-corrected chi connectivity index (χ0v) is 22.4. The van der Waals surface area contributed by atoms with Crippen LogP contribution in [-0.2, 0) is 6.42 Å². The van der Waals surface area contributed by atoms with Crippen LogP contribution in [0.5, 0.6) is 0 Å². The summed E-state index contributed by atoms with van der Waals surface area (Å²) < 4.78 is 13.5. The first kappa shape index (κ1) is 26.1. The lowest BCUT2D eigenvalue weighted by Gasteiger charge is -2.28.